The molecule has 1 unspecified atom stereocenters. The molecular weight excluding hydrogens is 360 g/mol. The van der Waals surface area contributed by atoms with Crippen LogP contribution >= 0.6 is 0 Å². The minimum Gasteiger partial charge on any atom is -0.447 e. The highest BCUT2D eigenvalue weighted by Gasteiger charge is 2.36. The number of rotatable bonds is 8. The number of hydrogen-bond acceptors (Lipinski definition) is 5. The Labute approximate surface area is 164 Å². The molecule has 3 amide bonds. The summed E-state index contributed by atoms with van der Waals surface area (Å²) in [5.74, 6) is -0.318. The van der Waals surface area contributed by atoms with Gasteiger partial charge in [0.2, 0.25) is 5.91 Å². The quantitative estimate of drug-likeness (QED) is 0.642. The van der Waals surface area contributed by atoms with E-state index < -0.39 is 12.0 Å². The standard InChI is InChI=1S/C21H26N2O5/c1-2-27-20-12-11-18(24)22(20)13-7-6-10-19(25)23-17(15-28-21(23)26)14-16-8-4-3-5-9-16/h3-6,8-10,17,20H,2,7,11-15H2,1H3/b10-6+/t17-,20?/m0/s1. The van der Waals surface area contributed by atoms with E-state index in [4.69, 9.17) is 9.47 Å². The molecule has 1 aromatic carbocycles. The molecule has 0 bridgehead atoms. The zero-order valence-electron chi connectivity index (χ0n) is 16.1. The van der Waals surface area contributed by atoms with Gasteiger partial charge in [-0.25, -0.2) is 9.69 Å². The third kappa shape index (κ3) is 4.78. The summed E-state index contributed by atoms with van der Waals surface area (Å²) in [6.45, 7) is 3.15. The number of imide groups is 1. The van der Waals surface area contributed by atoms with Crippen LogP contribution in [0.5, 0.6) is 0 Å². The van der Waals surface area contributed by atoms with Gasteiger partial charge in [0, 0.05) is 26.0 Å². The van der Waals surface area contributed by atoms with Crippen LogP contribution in [0, 0.1) is 0 Å². The highest BCUT2D eigenvalue weighted by Crippen LogP contribution is 2.20. The molecule has 0 N–H and O–H groups in total. The van der Waals surface area contributed by atoms with Crippen molar-refractivity contribution in [2.24, 2.45) is 0 Å². The molecule has 0 radical (unpaired) electrons. The molecule has 0 saturated carbocycles. The molecule has 7 heteroatoms. The number of carbonyl (C=O) groups is 3. The topological polar surface area (TPSA) is 76.2 Å². The largest absolute Gasteiger partial charge is 0.447 e. The average Bonchev–Trinajstić information content (AvgIpc) is 3.22. The lowest BCUT2D eigenvalue weighted by atomic mass is 10.1. The summed E-state index contributed by atoms with van der Waals surface area (Å²) in [6.07, 6.45) is 4.58. The molecule has 150 valence electrons. The fourth-order valence-electron chi connectivity index (χ4n) is 3.59. The highest BCUT2D eigenvalue weighted by atomic mass is 16.6. The molecule has 1 aromatic rings. The molecule has 2 fully saturated rings. The Morgan fingerprint density at radius 2 is 2.07 bits per heavy atom. The van der Waals surface area contributed by atoms with E-state index in [2.05, 4.69) is 0 Å². The molecule has 2 aliphatic rings. The summed E-state index contributed by atoms with van der Waals surface area (Å²) >= 11 is 0. The maximum Gasteiger partial charge on any atom is 0.417 e. The predicted octanol–water partition coefficient (Wildman–Crippen LogP) is 2.51. The van der Waals surface area contributed by atoms with Gasteiger partial charge in [-0.05, 0) is 31.4 Å². The van der Waals surface area contributed by atoms with Crippen LogP contribution in [0.2, 0.25) is 0 Å². The minimum absolute atomic E-state index is 0.0734. The second-order valence-corrected chi connectivity index (χ2v) is 6.86. The lowest BCUT2D eigenvalue weighted by Gasteiger charge is -2.23. The first-order valence-electron chi connectivity index (χ1n) is 9.71. The molecule has 2 heterocycles. The van der Waals surface area contributed by atoms with E-state index in [1.807, 2.05) is 37.3 Å². The summed E-state index contributed by atoms with van der Waals surface area (Å²) in [5.41, 5.74) is 1.04. The molecule has 3 rings (SSSR count). The molecule has 2 saturated heterocycles. The highest BCUT2D eigenvalue weighted by molar-refractivity contribution is 5.99. The Balaban J connectivity index is 1.53. The van der Waals surface area contributed by atoms with Gasteiger partial charge in [0.15, 0.2) is 0 Å². The Morgan fingerprint density at radius 1 is 1.29 bits per heavy atom. The van der Waals surface area contributed by atoms with Crippen molar-refractivity contribution >= 4 is 17.9 Å². The van der Waals surface area contributed by atoms with Crippen molar-refractivity contribution < 1.29 is 23.9 Å². The van der Waals surface area contributed by atoms with Crippen LogP contribution in [0.1, 0.15) is 31.7 Å². The zero-order chi connectivity index (χ0) is 19.9. The molecule has 0 aromatic heterocycles. The fraction of sp³-hybridized carbons (Fsp3) is 0.476. The summed E-state index contributed by atoms with van der Waals surface area (Å²) in [5, 5.41) is 0. The Bertz CT molecular complexity index is 734. The van der Waals surface area contributed by atoms with Crippen LogP contribution in [-0.2, 0) is 25.5 Å². The van der Waals surface area contributed by atoms with Crippen molar-refractivity contribution in [1.29, 1.82) is 0 Å². The van der Waals surface area contributed by atoms with Gasteiger partial charge in [0.1, 0.15) is 12.8 Å². The molecule has 2 aliphatic heterocycles. The molecule has 28 heavy (non-hydrogen) atoms. The SMILES string of the molecule is CCOC1CCC(=O)N1CC/C=C/C(=O)N1C(=O)OC[C@@H]1Cc1ccccc1. The van der Waals surface area contributed by atoms with Crippen LogP contribution in [-0.4, -0.2) is 59.7 Å². The van der Waals surface area contributed by atoms with Crippen molar-refractivity contribution in [2.75, 3.05) is 19.8 Å². The third-order valence-electron chi connectivity index (χ3n) is 4.94. The first kappa shape index (κ1) is 20.1. The van der Waals surface area contributed by atoms with Crippen molar-refractivity contribution in [3.63, 3.8) is 0 Å². The van der Waals surface area contributed by atoms with Crippen LogP contribution in [0.3, 0.4) is 0 Å². The molecule has 2 atom stereocenters. The van der Waals surface area contributed by atoms with Gasteiger partial charge >= 0.3 is 6.09 Å². The number of benzene rings is 1. The van der Waals surface area contributed by atoms with E-state index in [0.29, 0.717) is 38.8 Å². The minimum atomic E-state index is -0.610. The number of nitrogens with zero attached hydrogens (tertiary/aromatic N) is 2. The lowest BCUT2D eigenvalue weighted by Crippen LogP contribution is -2.39. The first-order chi connectivity index (χ1) is 13.6. The number of carbonyl (C=O) groups excluding carboxylic acids is 3. The predicted molar refractivity (Wildman–Crippen MR) is 102 cm³/mol. The monoisotopic (exact) mass is 386 g/mol. The Hall–Kier alpha value is -2.67. The van der Waals surface area contributed by atoms with E-state index in [0.717, 1.165) is 5.56 Å². The average molecular weight is 386 g/mol. The van der Waals surface area contributed by atoms with Crippen LogP contribution < -0.4 is 0 Å². The van der Waals surface area contributed by atoms with Gasteiger partial charge < -0.3 is 14.4 Å². The number of hydrogen-bond donors (Lipinski definition) is 0. The van der Waals surface area contributed by atoms with E-state index in [1.165, 1.54) is 11.0 Å². The third-order valence-corrected chi connectivity index (χ3v) is 4.94. The van der Waals surface area contributed by atoms with E-state index in [9.17, 15) is 14.4 Å². The lowest BCUT2D eigenvalue weighted by molar-refractivity contribution is -0.135. The van der Waals surface area contributed by atoms with Crippen molar-refractivity contribution in [3.05, 3.63) is 48.0 Å². The maximum absolute atomic E-state index is 12.5. The van der Waals surface area contributed by atoms with Gasteiger partial charge in [-0.3, -0.25) is 9.59 Å². The zero-order valence-corrected chi connectivity index (χ0v) is 16.1. The molecule has 0 aliphatic carbocycles. The number of amides is 3. The Morgan fingerprint density at radius 3 is 2.82 bits per heavy atom. The van der Waals surface area contributed by atoms with Crippen molar-refractivity contribution in [1.82, 2.24) is 9.80 Å². The summed E-state index contributed by atoms with van der Waals surface area (Å²) in [7, 11) is 0. The van der Waals surface area contributed by atoms with Gasteiger partial charge in [0.05, 0.1) is 6.04 Å². The summed E-state index contributed by atoms with van der Waals surface area (Å²) in [4.78, 5) is 39.3. The summed E-state index contributed by atoms with van der Waals surface area (Å²) in [6, 6.07) is 9.39. The van der Waals surface area contributed by atoms with Crippen LogP contribution in [0.15, 0.2) is 42.5 Å². The first-order valence-corrected chi connectivity index (χ1v) is 9.71. The van der Waals surface area contributed by atoms with Crippen LogP contribution in [0.25, 0.3) is 0 Å². The Kier molecular flexibility index (Phi) is 6.81. The van der Waals surface area contributed by atoms with Crippen LogP contribution in [0.4, 0.5) is 4.79 Å². The number of likely N-dealkylation sites (tertiary alicyclic amines) is 1. The fourth-order valence-corrected chi connectivity index (χ4v) is 3.59. The summed E-state index contributed by atoms with van der Waals surface area (Å²) < 4.78 is 10.7. The number of cyclic esters (lactones) is 1. The van der Waals surface area contributed by atoms with Gasteiger partial charge in [-0.2, -0.15) is 0 Å². The van der Waals surface area contributed by atoms with Crippen molar-refractivity contribution in [3.8, 4) is 0 Å². The second-order valence-electron chi connectivity index (χ2n) is 6.86. The molecule has 7 nitrogen and oxygen atoms in total. The number of ether oxygens (including phenoxy) is 2. The second kappa shape index (κ2) is 9.50. The van der Waals surface area contributed by atoms with E-state index >= 15 is 0 Å². The van der Waals surface area contributed by atoms with E-state index in [-0.39, 0.29) is 24.8 Å². The van der Waals surface area contributed by atoms with Gasteiger partial charge in [-0.1, -0.05) is 36.4 Å². The molecular formula is C21H26N2O5. The molecule has 0 spiro atoms. The van der Waals surface area contributed by atoms with E-state index in [1.54, 1.807) is 11.0 Å². The van der Waals surface area contributed by atoms with Gasteiger partial charge in [-0.15, -0.1) is 0 Å². The van der Waals surface area contributed by atoms with Gasteiger partial charge in [0.25, 0.3) is 5.91 Å². The normalized spacial score (nSPS) is 22.3. The van der Waals surface area contributed by atoms with Crippen molar-refractivity contribution in [2.45, 2.75) is 44.9 Å². The smallest absolute Gasteiger partial charge is 0.417 e. The maximum atomic E-state index is 12.5.